The Bertz CT molecular complexity index is 1210. The molecule has 5 rings (SSSR count). The van der Waals surface area contributed by atoms with Crippen LogP contribution in [0.4, 0.5) is 5.82 Å². The van der Waals surface area contributed by atoms with Gasteiger partial charge in [-0.25, -0.2) is 4.98 Å². The summed E-state index contributed by atoms with van der Waals surface area (Å²) < 4.78 is 10.1. The second-order valence-corrected chi connectivity index (χ2v) is 8.42. The van der Waals surface area contributed by atoms with E-state index in [-0.39, 0.29) is 6.10 Å². The molecule has 160 valence electrons. The Hall–Kier alpha value is -3.06. The molecule has 3 aromatic heterocycles. The number of rotatable bonds is 5. The first-order valence-electron chi connectivity index (χ1n) is 10.6. The van der Waals surface area contributed by atoms with Crippen LogP contribution in [0.2, 0.25) is 5.02 Å². The second-order valence-electron chi connectivity index (χ2n) is 8.01. The molecule has 31 heavy (non-hydrogen) atoms. The second kappa shape index (κ2) is 8.23. The molecule has 0 aliphatic heterocycles. The standard InChI is InChI=1S/C23H25ClN6O/c1-25-22-11-20-18(13-26-22)23(15-12-27-29(2)14-15)28-30(20)16-7-9-17(10-8-16)31-21-6-4-3-5-19(21)24/h3-6,11-14,16-17H,7-10H2,1-2H3,(H,25,26). The van der Waals surface area contributed by atoms with Crippen LogP contribution in [0.3, 0.4) is 0 Å². The average molecular weight is 437 g/mol. The van der Waals surface area contributed by atoms with E-state index in [1.54, 1.807) is 4.68 Å². The van der Waals surface area contributed by atoms with E-state index in [2.05, 4.69) is 26.1 Å². The van der Waals surface area contributed by atoms with E-state index < -0.39 is 0 Å². The molecule has 1 aromatic carbocycles. The van der Waals surface area contributed by atoms with E-state index in [0.29, 0.717) is 11.1 Å². The smallest absolute Gasteiger partial charge is 0.138 e. The summed E-state index contributed by atoms with van der Waals surface area (Å²) >= 11 is 6.27. The first-order chi connectivity index (χ1) is 15.1. The molecular weight excluding hydrogens is 412 g/mol. The quantitative estimate of drug-likeness (QED) is 0.472. The minimum Gasteiger partial charge on any atom is -0.489 e. The van der Waals surface area contributed by atoms with Gasteiger partial charge in [0.05, 0.1) is 28.9 Å². The van der Waals surface area contributed by atoms with Crippen LogP contribution in [0, 0.1) is 0 Å². The number of hydrogen-bond acceptors (Lipinski definition) is 5. The predicted molar refractivity (Wildman–Crippen MR) is 123 cm³/mol. The van der Waals surface area contributed by atoms with Crippen LogP contribution in [0.5, 0.6) is 5.75 Å². The maximum absolute atomic E-state index is 6.27. The Kier molecular flexibility index (Phi) is 5.28. The molecule has 0 atom stereocenters. The summed E-state index contributed by atoms with van der Waals surface area (Å²) in [7, 11) is 3.80. The predicted octanol–water partition coefficient (Wildman–Crippen LogP) is 5.09. The fourth-order valence-electron chi connectivity index (χ4n) is 4.33. The van der Waals surface area contributed by atoms with Crippen molar-refractivity contribution in [2.45, 2.75) is 37.8 Å². The molecule has 1 saturated carbocycles. The molecule has 0 amide bonds. The van der Waals surface area contributed by atoms with Gasteiger partial charge in [0.15, 0.2) is 0 Å². The third-order valence-corrected chi connectivity index (χ3v) is 6.26. The maximum atomic E-state index is 6.27. The summed E-state index contributed by atoms with van der Waals surface area (Å²) in [5, 5.41) is 14.2. The summed E-state index contributed by atoms with van der Waals surface area (Å²) in [5.41, 5.74) is 3.02. The highest BCUT2D eigenvalue weighted by Gasteiger charge is 2.27. The van der Waals surface area contributed by atoms with Gasteiger partial charge in [-0.3, -0.25) is 9.36 Å². The van der Waals surface area contributed by atoms with Crippen molar-refractivity contribution in [3.05, 3.63) is 53.9 Å². The Balaban J connectivity index is 1.42. The molecule has 4 aromatic rings. The van der Waals surface area contributed by atoms with E-state index >= 15 is 0 Å². The van der Waals surface area contributed by atoms with Gasteiger partial charge in [0, 0.05) is 43.5 Å². The van der Waals surface area contributed by atoms with Crippen molar-refractivity contribution in [2.75, 3.05) is 12.4 Å². The van der Waals surface area contributed by atoms with E-state index in [0.717, 1.165) is 59.4 Å². The number of fused-ring (bicyclic) bond motifs is 1. The van der Waals surface area contributed by atoms with Gasteiger partial charge in [0.1, 0.15) is 17.3 Å². The van der Waals surface area contributed by atoms with Crippen LogP contribution >= 0.6 is 11.6 Å². The Labute approximate surface area is 186 Å². The van der Waals surface area contributed by atoms with E-state index in [1.165, 1.54) is 0 Å². The van der Waals surface area contributed by atoms with Gasteiger partial charge in [0.25, 0.3) is 0 Å². The fourth-order valence-corrected chi connectivity index (χ4v) is 4.51. The fraction of sp³-hybridized carbons (Fsp3) is 0.348. The molecule has 0 radical (unpaired) electrons. The third kappa shape index (κ3) is 3.85. The van der Waals surface area contributed by atoms with Crippen molar-refractivity contribution in [1.29, 1.82) is 0 Å². The van der Waals surface area contributed by atoms with Crippen molar-refractivity contribution in [3.63, 3.8) is 0 Å². The number of pyridine rings is 1. The lowest BCUT2D eigenvalue weighted by molar-refractivity contribution is 0.131. The van der Waals surface area contributed by atoms with Gasteiger partial charge in [-0.15, -0.1) is 0 Å². The third-order valence-electron chi connectivity index (χ3n) is 5.95. The van der Waals surface area contributed by atoms with Crippen molar-refractivity contribution in [2.24, 2.45) is 7.05 Å². The maximum Gasteiger partial charge on any atom is 0.138 e. The highest BCUT2D eigenvalue weighted by molar-refractivity contribution is 6.32. The van der Waals surface area contributed by atoms with Crippen LogP contribution in [0.25, 0.3) is 22.2 Å². The lowest BCUT2D eigenvalue weighted by atomic mass is 9.93. The molecular formula is C23H25ClN6O. The minimum absolute atomic E-state index is 0.172. The van der Waals surface area contributed by atoms with Crippen molar-refractivity contribution in [1.82, 2.24) is 24.5 Å². The molecule has 7 nitrogen and oxygen atoms in total. The Morgan fingerprint density at radius 2 is 1.94 bits per heavy atom. The summed E-state index contributed by atoms with van der Waals surface area (Å²) in [6.07, 6.45) is 9.83. The van der Waals surface area contributed by atoms with E-state index in [4.69, 9.17) is 21.4 Å². The lowest BCUT2D eigenvalue weighted by Crippen LogP contribution is -2.26. The number of hydrogen-bond donors (Lipinski definition) is 1. The number of nitrogens with one attached hydrogen (secondary N) is 1. The van der Waals surface area contributed by atoms with E-state index in [1.807, 2.05) is 57.0 Å². The van der Waals surface area contributed by atoms with Gasteiger partial charge in [-0.2, -0.15) is 10.2 Å². The van der Waals surface area contributed by atoms with E-state index in [9.17, 15) is 0 Å². The van der Waals surface area contributed by atoms with Crippen LogP contribution in [-0.4, -0.2) is 37.7 Å². The number of ether oxygens (including phenoxy) is 1. The largest absolute Gasteiger partial charge is 0.489 e. The molecule has 1 N–H and O–H groups in total. The number of aryl methyl sites for hydroxylation is 1. The van der Waals surface area contributed by atoms with Crippen LogP contribution in [0.15, 0.2) is 48.9 Å². The summed E-state index contributed by atoms with van der Waals surface area (Å²) in [5.74, 6) is 1.60. The Morgan fingerprint density at radius 1 is 1.13 bits per heavy atom. The van der Waals surface area contributed by atoms with Gasteiger partial charge in [-0.1, -0.05) is 23.7 Å². The number of anilines is 1. The van der Waals surface area contributed by atoms with Gasteiger partial charge < -0.3 is 10.1 Å². The minimum atomic E-state index is 0.172. The summed E-state index contributed by atoms with van der Waals surface area (Å²) in [6, 6.07) is 10.1. The summed E-state index contributed by atoms with van der Waals surface area (Å²) in [6.45, 7) is 0. The molecule has 0 unspecified atom stereocenters. The topological polar surface area (TPSA) is 69.8 Å². The first-order valence-corrected chi connectivity index (χ1v) is 11.0. The van der Waals surface area contributed by atoms with Crippen molar-refractivity contribution < 1.29 is 4.74 Å². The van der Waals surface area contributed by atoms with Crippen LogP contribution in [-0.2, 0) is 7.05 Å². The monoisotopic (exact) mass is 436 g/mol. The average Bonchev–Trinajstić information content (AvgIpc) is 3.39. The molecule has 0 bridgehead atoms. The van der Waals surface area contributed by atoms with Gasteiger partial charge in [-0.05, 0) is 37.8 Å². The van der Waals surface area contributed by atoms with Gasteiger partial charge >= 0.3 is 0 Å². The molecule has 1 aliphatic carbocycles. The molecule has 0 saturated heterocycles. The number of benzene rings is 1. The van der Waals surface area contributed by atoms with Crippen molar-refractivity contribution in [3.8, 4) is 17.0 Å². The zero-order valence-corrected chi connectivity index (χ0v) is 18.4. The number of nitrogens with zero attached hydrogens (tertiary/aromatic N) is 5. The number of para-hydroxylation sites is 1. The highest BCUT2D eigenvalue weighted by atomic mass is 35.5. The number of aromatic nitrogens is 5. The highest BCUT2D eigenvalue weighted by Crippen LogP contribution is 2.37. The molecule has 1 fully saturated rings. The van der Waals surface area contributed by atoms with Crippen molar-refractivity contribution >= 4 is 28.3 Å². The molecule has 3 heterocycles. The molecule has 1 aliphatic rings. The molecule has 8 heteroatoms. The van der Waals surface area contributed by atoms with Crippen LogP contribution in [0.1, 0.15) is 31.7 Å². The van der Waals surface area contributed by atoms with Crippen LogP contribution < -0.4 is 10.1 Å². The van der Waals surface area contributed by atoms with Gasteiger partial charge in [0.2, 0.25) is 0 Å². The Morgan fingerprint density at radius 3 is 2.65 bits per heavy atom. The normalized spacial score (nSPS) is 18.9. The zero-order valence-electron chi connectivity index (χ0n) is 17.6. The SMILES string of the molecule is CNc1cc2c(cn1)c(-c1cnn(C)c1)nn2C1CCC(Oc2ccccc2Cl)CC1. The lowest BCUT2D eigenvalue weighted by Gasteiger charge is -2.29. The first kappa shape index (κ1) is 19.9. The molecule has 0 spiro atoms. The summed E-state index contributed by atoms with van der Waals surface area (Å²) in [4.78, 5) is 4.52. The zero-order chi connectivity index (χ0) is 21.4. The number of halogens is 1.